The van der Waals surface area contributed by atoms with Crippen LogP contribution in [0.15, 0.2) is 48.5 Å². The fourth-order valence-electron chi connectivity index (χ4n) is 2.30. The molecule has 0 saturated heterocycles. The van der Waals surface area contributed by atoms with E-state index in [1.54, 1.807) is 43.3 Å². The first kappa shape index (κ1) is 21.4. The van der Waals surface area contributed by atoms with Gasteiger partial charge in [-0.05, 0) is 60.6 Å². The number of nitrogens with one attached hydrogen (secondary N) is 2. The lowest BCUT2D eigenvalue weighted by Crippen LogP contribution is -2.34. The van der Waals surface area contributed by atoms with Crippen molar-refractivity contribution in [1.82, 2.24) is 10.2 Å². The van der Waals surface area contributed by atoms with Crippen molar-refractivity contribution in [1.29, 1.82) is 0 Å². The largest absolute Gasteiger partial charge is 0.494 e. The smallest absolute Gasteiger partial charge is 0.257 e. The predicted octanol–water partition coefficient (Wildman–Crippen LogP) is 3.23. The van der Waals surface area contributed by atoms with E-state index in [0.29, 0.717) is 18.6 Å². The molecule has 0 unspecified atom stereocenters. The molecule has 2 aromatic carbocycles. The summed E-state index contributed by atoms with van der Waals surface area (Å²) in [6, 6.07) is 14.2. The topological polar surface area (TPSA) is 70.7 Å². The van der Waals surface area contributed by atoms with Crippen molar-refractivity contribution < 1.29 is 14.3 Å². The van der Waals surface area contributed by atoms with Crippen molar-refractivity contribution in [3.63, 3.8) is 0 Å². The molecule has 0 aliphatic rings. The highest BCUT2D eigenvalue weighted by molar-refractivity contribution is 7.80. The summed E-state index contributed by atoms with van der Waals surface area (Å²) in [5.41, 5.74) is 2.13. The van der Waals surface area contributed by atoms with Gasteiger partial charge in [0.05, 0.1) is 13.0 Å². The lowest BCUT2D eigenvalue weighted by atomic mass is 10.1. The molecule has 2 amide bonds. The summed E-state index contributed by atoms with van der Waals surface area (Å²) >= 11 is 5.20. The zero-order valence-corrected chi connectivity index (χ0v) is 17.1. The Morgan fingerprint density at radius 1 is 1.04 bits per heavy atom. The molecule has 0 aliphatic carbocycles. The maximum atomic E-state index is 12.3. The molecule has 0 aliphatic heterocycles. The fraction of sp³-hybridized carbons (Fsp3) is 0.286. The molecule has 0 spiro atoms. The van der Waals surface area contributed by atoms with Gasteiger partial charge in [0.15, 0.2) is 5.11 Å². The van der Waals surface area contributed by atoms with Gasteiger partial charge in [0.2, 0.25) is 5.91 Å². The van der Waals surface area contributed by atoms with Crippen LogP contribution >= 0.6 is 12.2 Å². The molecule has 7 heteroatoms. The first-order valence-electron chi connectivity index (χ1n) is 9.03. The first-order valence-corrected chi connectivity index (χ1v) is 9.44. The van der Waals surface area contributed by atoms with Crippen LogP contribution in [0.3, 0.4) is 0 Å². The molecule has 2 aromatic rings. The molecule has 6 nitrogen and oxygen atoms in total. The van der Waals surface area contributed by atoms with E-state index < -0.39 is 0 Å². The van der Waals surface area contributed by atoms with Crippen LogP contribution in [0.25, 0.3) is 0 Å². The molecular weight excluding hydrogens is 374 g/mol. The van der Waals surface area contributed by atoms with Gasteiger partial charge in [-0.1, -0.05) is 19.1 Å². The van der Waals surface area contributed by atoms with E-state index in [2.05, 4.69) is 10.6 Å². The predicted molar refractivity (Wildman–Crippen MR) is 115 cm³/mol. The second kappa shape index (κ2) is 10.4. The van der Waals surface area contributed by atoms with Gasteiger partial charge in [0.1, 0.15) is 5.75 Å². The highest BCUT2D eigenvalue weighted by atomic mass is 32.1. The van der Waals surface area contributed by atoms with Crippen LogP contribution in [0.1, 0.15) is 29.3 Å². The van der Waals surface area contributed by atoms with Crippen LogP contribution in [0.2, 0.25) is 0 Å². The molecule has 28 heavy (non-hydrogen) atoms. The number of anilines is 1. The number of hydrogen-bond donors (Lipinski definition) is 2. The van der Waals surface area contributed by atoms with Crippen molar-refractivity contribution >= 4 is 34.8 Å². The van der Waals surface area contributed by atoms with Gasteiger partial charge < -0.3 is 15.0 Å². The van der Waals surface area contributed by atoms with E-state index in [1.807, 2.05) is 31.2 Å². The zero-order chi connectivity index (χ0) is 20.5. The third kappa shape index (κ3) is 6.66. The summed E-state index contributed by atoms with van der Waals surface area (Å²) in [6.45, 7) is 2.67. The second-order valence-electron chi connectivity index (χ2n) is 6.44. The second-order valence-corrected chi connectivity index (χ2v) is 6.85. The van der Waals surface area contributed by atoms with Crippen LogP contribution in [0, 0.1) is 0 Å². The van der Waals surface area contributed by atoms with E-state index in [1.165, 1.54) is 0 Å². The molecule has 0 atom stereocenters. The summed E-state index contributed by atoms with van der Waals surface area (Å²) in [7, 11) is 3.45. The molecule has 0 fully saturated rings. The SMILES string of the molecule is CCCOc1ccc(C(=O)NC(=S)Nc2ccc(CC(=O)N(C)C)cc2)cc1. The lowest BCUT2D eigenvalue weighted by Gasteiger charge is -2.12. The summed E-state index contributed by atoms with van der Waals surface area (Å²) in [6.07, 6.45) is 1.27. The Labute approximate surface area is 170 Å². The quantitative estimate of drug-likeness (QED) is 0.700. The maximum absolute atomic E-state index is 12.3. The highest BCUT2D eigenvalue weighted by Crippen LogP contribution is 2.13. The third-order valence-electron chi connectivity index (χ3n) is 3.88. The number of likely N-dealkylation sites (N-methyl/N-ethyl adjacent to an activating group) is 1. The Balaban J connectivity index is 1.87. The number of carbonyl (C=O) groups is 2. The van der Waals surface area contributed by atoms with E-state index in [-0.39, 0.29) is 16.9 Å². The van der Waals surface area contributed by atoms with Gasteiger partial charge in [-0.15, -0.1) is 0 Å². The van der Waals surface area contributed by atoms with Gasteiger partial charge in [0, 0.05) is 25.3 Å². The standard InChI is InChI=1S/C21H25N3O3S/c1-4-13-27-18-11-7-16(8-12-18)20(26)23-21(28)22-17-9-5-15(6-10-17)14-19(25)24(2)3/h5-12H,4,13-14H2,1-3H3,(H2,22,23,26,28). The molecule has 0 heterocycles. The Morgan fingerprint density at radius 3 is 2.25 bits per heavy atom. The van der Waals surface area contributed by atoms with Crippen LogP contribution in [-0.2, 0) is 11.2 Å². The average molecular weight is 400 g/mol. The average Bonchev–Trinajstić information content (AvgIpc) is 2.68. The minimum Gasteiger partial charge on any atom is -0.494 e. The zero-order valence-electron chi connectivity index (χ0n) is 16.3. The van der Waals surface area contributed by atoms with Gasteiger partial charge >= 0.3 is 0 Å². The van der Waals surface area contributed by atoms with Crippen LogP contribution < -0.4 is 15.4 Å². The van der Waals surface area contributed by atoms with E-state index in [9.17, 15) is 9.59 Å². The van der Waals surface area contributed by atoms with Crippen molar-refractivity contribution in [3.8, 4) is 5.75 Å². The number of hydrogen-bond acceptors (Lipinski definition) is 4. The summed E-state index contributed by atoms with van der Waals surface area (Å²) in [4.78, 5) is 25.6. The Bertz CT molecular complexity index is 818. The lowest BCUT2D eigenvalue weighted by molar-refractivity contribution is -0.127. The van der Waals surface area contributed by atoms with Gasteiger partial charge in [-0.2, -0.15) is 0 Å². The van der Waals surface area contributed by atoms with Crippen molar-refractivity contribution in [2.75, 3.05) is 26.0 Å². The minimum atomic E-state index is -0.298. The summed E-state index contributed by atoms with van der Waals surface area (Å²) < 4.78 is 5.50. The van der Waals surface area contributed by atoms with Crippen LogP contribution in [0.4, 0.5) is 5.69 Å². The van der Waals surface area contributed by atoms with Crippen molar-refractivity contribution in [3.05, 3.63) is 59.7 Å². The normalized spacial score (nSPS) is 10.1. The molecule has 2 N–H and O–H groups in total. The van der Waals surface area contributed by atoms with Crippen LogP contribution in [0.5, 0.6) is 5.75 Å². The van der Waals surface area contributed by atoms with Gasteiger partial charge in [-0.3, -0.25) is 14.9 Å². The molecular formula is C21H25N3O3S. The molecule has 0 saturated carbocycles. The van der Waals surface area contributed by atoms with Crippen molar-refractivity contribution in [2.45, 2.75) is 19.8 Å². The number of rotatable bonds is 7. The van der Waals surface area contributed by atoms with Crippen LogP contribution in [-0.4, -0.2) is 42.5 Å². The first-order chi connectivity index (χ1) is 13.4. The van der Waals surface area contributed by atoms with Crippen molar-refractivity contribution in [2.24, 2.45) is 0 Å². The molecule has 0 radical (unpaired) electrons. The molecule has 0 bridgehead atoms. The summed E-state index contributed by atoms with van der Waals surface area (Å²) in [5.74, 6) is 0.467. The molecule has 148 valence electrons. The molecule has 2 rings (SSSR count). The number of ether oxygens (including phenoxy) is 1. The number of nitrogens with zero attached hydrogens (tertiary/aromatic N) is 1. The van der Waals surface area contributed by atoms with E-state index >= 15 is 0 Å². The maximum Gasteiger partial charge on any atom is 0.257 e. The summed E-state index contributed by atoms with van der Waals surface area (Å²) in [5, 5.41) is 5.82. The van der Waals surface area contributed by atoms with E-state index in [4.69, 9.17) is 17.0 Å². The molecule has 0 aromatic heterocycles. The number of thiocarbonyl (C=S) groups is 1. The Morgan fingerprint density at radius 2 is 1.68 bits per heavy atom. The fourth-order valence-corrected chi connectivity index (χ4v) is 2.51. The number of benzene rings is 2. The van der Waals surface area contributed by atoms with Gasteiger partial charge in [0.25, 0.3) is 5.91 Å². The minimum absolute atomic E-state index is 0.0367. The Hall–Kier alpha value is -2.93. The third-order valence-corrected chi connectivity index (χ3v) is 4.09. The van der Waals surface area contributed by atoms with E-state index in [0.717, 1.165) is 23.4 Å². The highest BCUT2D eigenvalue weighted by Gasteiger charge is 2.09. The van der Waals surface area contributed by atoms with Gasteiger partial charge in [-0.25, -0.2) is 0 Å². The monoisotopic (exact) mass is 399 g/mol. The number of amides is 2. The number of carbonyl (C=O) groups excluding carboxylic acids is 2. The Kier molecular flexibility index (Phi) is 7.95.